The fourth-order valence-electron chi connectivity index (χ4n) is 2.14. The number of thioether (sulfide) groups is 1. The van der Waals surface area contributed by atoms with Gasteiger partial charge in [0.15, 0.2) is 0 Å². The Morgan fingerprint density at radius 1 is 1.16 bits per heavy atom. The Morgan fingerprint density at radius 3 is 2.88 bits per heavy atom. The fourth-order valence-corrected chi connectivity index (χ4v) is 3.50. The van der Waals surface area contributed by atoms with Gasteiger partial charge in [0, 0.05) is 11.9 Å². The van der Waals surface area contributed by atoms with Gasteiger partial charge in [0.25, 0.3) is 0 Å². The molecule has 0 fully saturated rings. The van der Waals surface area contributed by atoms with Gasteiger partial charge in [-0.25, -0.2) is 4.98 Å². The number of unbranched alkanes of at least 4 members (excludes halogenated alkanes) is 1. The molecule has 0 aliphatic heterocycles. The Morgan fingerprint density at radius 2 is 2.00 bits per heavy atom. The molecule has 3 rings (SSSR count). The highest BCUT2D eigenvalue weighted by atomic mass is 32.2. The highest BCUT2D eigenvalue weighted by molar-refractivity contribution is 7.99. The number of hydrogen-bond acceptors (Lipinski definition) is 7. The van der Waals surface area contributed by atoms with Crippen molar-refractivity contribution in [3.05, 3.63) is 36.4 Å². The van der Waals surface area contributed by atoms with Crippen LogP contribution in [-0.2, 0) is 4.79 Å². The van der Waals surface area contributed by atoms with E-state index in [1.165, 1.54) is 23.1 Å². The number of carbonyl (C=O) groups excluding carboxylic acids is 1. The molecule has 8 heteroatoms. The molecule has 0 aliphatic carbocycles. The van der Waals surface area contributed by atoms with Crippen molar-refractivity contribution in [1.82, 2.24) is 15.2 Å². The molecular formula is C17H19N5OS2. The first-order chi connectivity index (χ1) is 12.2. The second kappa shape index (κ2) is 8.77. The van der Waals surface area contributed by atoms with Crippen LogP contribution in [0.5, 0.6) is 0 Å². The molecule has 0 atom stereocenters. The number of anilines is 2. The molecule has 0 spiro atoms. The summed E-state index contributed by atoms with van der Waals surface area (Å²) in [5, 5.41) is 17.1. The highest BCUT2D eigenvalue weighted by Gasteiger charge is 2.09. The van der Waals surface area contributed by atoms with Crippen LogP contribution in [0.25, 0.3) is 10.9 Å². The summed E-state index contributed by atoms with van der Waals surface area (Å²) in [5.74, 6) is 0.167. The molecule has 25 heavy (non-hydrogen) atoms. The molecule has 3 aromatic rings. The lowest BCUT2D eigenvalue weighted by Crippen LogP contribution is -2.13. The van der Waals surface area contributed by atoms with Crippen LogP contribution in [0.4, 0.5) is 10.3 Å². The Balaban J connectivity index is 1.50. The van der Waals surface area contributed by atoms with Gasteiger partial charge in [-0.05, 0) is 18.6 Å². The Hall–Kier alpha value is -2.19. The minimum atomic E-state index is -0.115. The van der Waals surface area contributed by atoms with Crippen molar-refractivity contribution in [1.29, 1.82) is 0 Å². The molecule has 0 saturated carbocycles. The number of amides is 1. The second-order valence-corrected chi connectivity index (χ2v) is 7.34. The predicted octanol–water partition coefficient (Wildman–Crippen LogP) is 4.03. The zero-order valence-corrected chi connectivity index (χ0v) is 15.5. The number of rotatable bonds is 8. The summed E-state index contributed by atoms with van der Waals surface area (Å²) in [6.45, 7) is 3.00. The van der Waals surface area contributed by atoms with E-state index in [4.69, 9.17) is 0 Å². The molecule has 0 aliphatic rings. The quantitative estimate of drug-likeness (QED) is 0.458. The van der Waals surface area contributed by atoms with Gasteiger partial charge in [0.2, 0.25) is 16.2 Å². The molecule has 1 amide bonds. The molecule has 130 valence electrons. The topological polar surface area (TPSA) is 79.8 Å². The van der Waals surface area contributed by atoms with Gasteiger partial charge in [-0.15, -0.1) is 10.2 Å². The average Bonchev–Trinajstić information content (AvgIpc) is 3.07. The van der Waals surface area contributed by atoms with Crippen molar-refractivity contribution in [2.24, 2.45) is 0 Å². The van der Waals surface area contributed by atoms with Crippen LogP contribution in [0.3, 0.4) is 0 Å². The van der Waals surface area contributed by atoms with E-state index in [-0.39, 0.29) is 11.7 Å². The lowest BCUT2D eigenvalue weighted by atomic mass is 10.2. The number of para-hydroxylation sites is 1. The van der Waals surface area contributed by atoms with Crippen LogP contribution in [0, 0.1) is 0 Å². The van der Waals surface area contributed by atoms with Crippen LogP contribution in [0.15, 0.2) is 41.4 Å². The maximum atomic E-state index is 12.1. The third-order valence-electron chi connectivity index (χ3n) is 3.40. The van der Waals surface area contributed by atoms with Gasteiger partial charge in [0.1, 0.15) is 0 Å². The summed E-state index contributed by atoms with van der Waals surface area (Å²) in [4.78, 5) is 16.6. The Bertz CT molecular complexity index is 852. The summed E-state index contributed by atoms with van der Waals surface area (Å²) < 4.78 is 0. The largest absolute Gasteiger partial charge is 0.360 e. The third kappa shape index (κ3) is 5.14. The number of nitrogens with zero attached hydrogens (tertiary/aromatic N) is 3. The van der Waals surface area contributed by atoms with Gasteiger partial charge in [-0.3, -0.25) is 10.1 Å². The molecule has 2 N–H and O–H groups in total. The summed E-state index contributed by atoms with van der Waals surface area (Å²) in [5.41, 5.74) is 0.930. The molecule has 0 bridgehead atoms. The Kier molecular flexibility index (Phi) is 6.19. The van der Waals surface area contributed by atoms with Crippen molar-refractivity contribution in [2.75, 3.05) is 22.9 Å². The van der Waals surface area contributed by atoms with E-state index in [0.29, 0.717) is 5.13 Å². The van der Waals surface area contributed by atoms with Crippen LogP contribution in [-0.4, -0.2) is 33.4 Å². The molecule has 1 aromatic carbocycles. The minimum Gasteiger partial charge on any atom is -0.360 e. The normalized spacial score (nSPS) is 10.8. The van der Waals surface area contributed by atoms with E-state index in [1.54, 1.807) is 0 Å². The lowest BCUT2D eigenvalue weighted by molar-refractivity contribution is -0.113. The van der Waals surface area contributed by atoms with E-state index in [0.717, 1.165) is 40.4 Å². The minimum absolute atomic E-state index is 0.115. The lowest BCUT2D eigenvalue weighted by Gasteiger charge is -2.03. The van der Waals surface area contributed by atoms with Crippen LogP contribution >= 0.6 is 23.1 Å². The molecule has 0 unspecified atom stereocenters. The van der Waals surface area contributed by atoms with E-state index in [1.807, 2.05) is 36.4 Å². The van der Waals surface area contributed by atoms with E-state index in [2.05, 4.69) is 32.7 Å². The van der Waals surface area contributed by atoms with Crippen molar-refractivity contribution >= 4 is 50.2 Å². The number of pyridine rings is 1. The zero-order valence-electron chi connectivity index (χ0n) is 13.9. The van der Waals surface area contributed by atoms with Crippen molar-refractivity contribution in [3.63, 3.8) is 0 Å². The molecular weight excluding hydrogens is 354 g/mol. The van der Waals surface area contributed by atoms with Crippen LogP contribution in [0.2, 0.25) is 0 Å². The van der Waals surface area contributed by atoms with Crippen LogP contribution < -0.4 is 10.6 Å². The maximum Gasteiger partial charge on any atom is 0.236 e. The molecule has 0 radical (unpaired) electrons. The van der Waals surface area contributed by atoms with Gasteiger partial charge >= 0.3 is 0 Å². The van der Waals surface area contributed by atoms with Crippen molar-refractivity contribution < 1.29 is 4.79 Å². The first-order valence-electron chi connectivity index (χ1n) is 8.10. The van der Waals surface area contributed by atoms with Gasteiger partial charge in [-0.1, -0.05) is 60.7 Å². The van der Waals surface area contributed by atoms with Crippen LogP contribution in [0.1, 0.15) is 19.8 Å². The fraction of sp³-hybridized carbons (Fsp3) is 0.294. The number of nitrogens with one attached hydrogen (secondary N) is 2. The molecule has 6 nitrogen and oxygen atoms in total. The zero-order chi connectivity index (χ0) is 17.5. The molecule has 2 aromatic heterocycles. The first-order valence-corrected chi connectivity index (χ1v) is 9.90. The summed E-state index contributed by atoms with van der Waals surface area (Å²) in [6, 6.07) is 11.9. The van der Waals surface area contributed by atoms with Crippen molar-refractivity contribution in [3.8, 4) is 0 Å². The molecule has 2 heterocycles. The monoisotopic (exact) mass is 373 g/mol. The number of fused-ring (bicyclic) bond motifs is 1. The van der Waals surface area contributed by atoms with E-state index < -0.39 is 0 Å². The summed E-state index contributed by atoms with van der Waals surface area (Å²) in [6.07, 6.45) is 2.20. The standard InChI is InChI=1S/C17H19N5OS2/c1-2-3-10-18-16-21-22-17(25-16)20-14(23)11-24-15-9-8-12-6-4-5-7-13(12)19-15/h4-9H,2-3,10-11H2,1H3,(H,18,21)(H,20,22,23). The summed E-state index contributed by atoms with van der Waals surface area (Å²) >= 11 is 2.75. The second-order valence-electron chi connectivity index (χ2n) is 5.37. The maximum absolute atomic E-state index is 12.1. The molecule has 0 saturated heterocycles. The number of aromatic nitrogens is 3. The first kappa shape index (κ1) is 17.6. The highest BCUT2D eigenvalue weighted by Crippen LogP contribution is 2.22. The Labute approximate surface area is 154 Å². The SMILES string of the molecule is CCCCNc1nnc(NC(=O)CSc2ccc3ccccc3n2)s1. The number of carbonyl (C=O) groups is 1. The smallest absolute Gasteiger partial charge is 0.236 e. The number of hydrogen-bond donors (Lipinski definition) is 2. The van der Waals surface area contributed by atoms with Gasteiger partial charge < -0.3 is 5.32 Å². The van der Waals surface area contributed by atoms with Gasteiger partial charge in [0.05, 0.1) is 16.3 Å². The van der Waals surface area contributed by atoms with Gasteiger partial charge in [-0.2, -0.15) is 0 Å². The summed E-state index contributed by atoms with van der Waals surface area (Å²) in [7, 11) is 0. The van der Waals surface area contributed by atoms with E-state index >= 15 is 0 Å². The number of benzene rings is 1. The van der Waals surface area contributed by atoms with Crippen molar-refractivity contribution in [2.45, 2.75) is 24.8 Å². The third-order valence-corrected chi connectivity index (χ3v) is 5.13. The predicted molar refractivity (Wildman–Crippen MR) is 104 cm³/mol. The van der Waals surface area contributed by atoms with E-state index in [9.17, 15) is 4.79 Å². The average molecular weight is 374 g/mol.